The number of alkyl halides is 3. The van der Waals surface area contributed by atoms with Gasteiger partial charge in [-0.15, -0.1) is 0 Å². The smallest absolute Gasteiger partial charge is 0.475 e. The fourth-order valence-electron chi connectivity index (χ4n) is 4.35. The van der Waals surface area contributed by atoms with Crippen LogP contribution in [0.3, 0.4) is 0 Å². The lowest BCUT2D eigenvalue weighted by Crippen LogP contribution is -2.44. The normalized spacial score (nSPS) is 29.3. The van der Waals surface area contributed by atoms with Gasteiger partial charge < -0.3 is 30.4 Å². The van der Waals surface area contributed by atoms with E-state index in [-0.39, 0.29) is 35.6 Å². The number of rotatable bonds is 5. The van der Waals surface area contributed by atoms with Crippen molar-refractivity contribution in [2.75, 3.05) is 18.9 Å². The van der Waals surface area contributed by atoms with E-state index in [1.807, 2.05) is 0 Å². The number of ether oxygens (including phenoxy) is 1. The SMILES string of the molecule is C[C@@]1(O)[C@H](O)[C@@H](CO[P@@]2(=O)OCC[C@@H](c3cccc(F)c3F)O2)O[C@H]1n1ccc2c(=O)[nH]c(N)nc21.O=C(O)C(F)(F)F. The number of phosphoric acid groups is 1. The van der Waals surface area contributed by atoms with Gasteiger partial charge in [-0.25, -0.2) is 18.1 Å². The first kappa shape index (κ1) is 32.5. The lowest BCUT2D eigenvalue weighted by molar-refractivity contribution is -0.192. The summed E-state index contributed by atoms with van der Waals surface area (Å²) in [6.07, 6.45) is -8.61. The molecule has 2 saturated heterocycles. The van der Waals surface area contributed by atoms with E-state index in [1.54, 1.807) is 0 Å². The van der Waals surface area contributed by atoms with E-state index < -0.39 is 73.9 Å². The van der Waals surface area contributed by atoms with Gasteiger partial charge in [-0.05, 0) is 19.1 Å². The first-order valence-corrected chi connectivity index (χ1v) is 13.6. The van der Waals surface area contributed by atoms with E-state index in [4.69, 9.17) is 33.9 Å². The number of phosphoric ester groups is 1. The second-order valence-corrected chi connectivity index (χ2v) is 11.1. The zero-order chi connectivity index (χ0) is 31.9. The third-order valence-electron chi connectivity index (χ3n) is 6.46. The number of carbonyl (C=O) groups is 1. The number of carboxylic acid groups (broad SMARTS) is 1. The van der Waals surface area contributed by atoms with Gasteiger partial charge in [0.1, 0.15) is 17.8 Å². The molecule has 2 aliphatic rings. The van der Waals surface area contributed by atoms with Gasteiger partial charge in [-0.3, -0.25) is 23.3 Å². The summed E-state index contributed by atoms with van der Waals surface area (Å²) in [4.78, 5) is 27.5. The molecule has 1 aromatic carbocycles. The Morgan fingerprint density at radius 1 is 1.33 bits per heavy atom. The summed E-state index contributed by atoms with van der Waals surface area (Å²) in [5.41, 5.74) is 3.22. The average Bonchev–Trinajstić information content (AvgIpc) is 3.42. The van der Waals surface area contributed by atoms with E-state index in [9.17, 15) is 41.5 Å². The number of benzene rings is 1. The molecule has 6 N–H and O–H groups in total. The fraction of sp³-hybridized carbons (Fsp3) is 0.435. The third kappa shape index (κ3) is 6.72. The largest absolute Gasteiger partial charge is 0.490 e. The van der Waals surface area contributed by atoms with E-state index in [0.717, 1.165) is 6.07 Å². The van der Waals surface area contributed by atoms with Gasteiger partial charge in [0, 0.05) is 18.2 Å². The number of H-pyrrole nitrogens is 1. The highest BCUT2D eigenvalue weighted by molar-refractivity contribution is 7.48. The quantitative estimate of drug-likeness (QED) is 0.201. The molecule has 20 heteroatoms. The molecule has 6 atom stereocenters. The monoisotopic (exact) mass is 642 g/mol. The summed E-state index contributed by atoms with van der Waals surface area (Å²) in [7, 11) is -4.27. The number of aliphatic carboxylic acids is 1. The van der Waals surface area contributed by atoms with Crippen LogP contribution in [0.2, 0.25) is 0 Å². The molecule has 0 unspecified atom stereocenters. The van der Waals surface area contributed by atoms with Gasteiger partial charge in [-0.2, -0.15) is 18.2 Å². The van der Waals surface area contributed by atoms with E-state index in [2.05, 4.69) is 9.97 Å². The highest BCUT2D eigenvalue weighted by Crippen LogP contribution is 2.57. The maximum Gasteiger partial charge on any atom is 0.490 e. The predicted molar refractivity (Wildman–Crippen MR) is 133 cm³/mol. The molecule has 43 heavy (non-hydrogen) atoms. The van der Waals surface area contributed by atoms with Crippen molar-refractivity contribution in [1.82, 2.24) is 14.5 Å². The summed E-state index contributed by atoms with van der Waals surface area (Å²) >= 11 is 0. The molecule has 0 spiro atoms. The number of hydrogen-bond donors (Lipinski definition) is 5. The maximum absolute atomic E-state index is 14.2. The van der Waals surface area contributed by atoms with Crippen LogP contribution in [0.1, 0.15) is 31.2 Å². The molecule has 0 aliphatic carbocycles. The Bertz CT molecular complexity index is 1610. The van der Waals surface area contributed by atoms with E-state index in [1.165, 1.54) is 35.9 Å². The first-order valence-electron chi connectivity index (χ1n) is 12.2. The van der Waals surface area contributed by atoms with Crippen molar-refractivity contribution in [3.8, 4) is 0 Å². The Morgan fingerprint density at radius 2 is 2.00 bits per heavy atom. The molecule has 0 radical (unpaired) electrons. The minimum Gasteiger partial charge on any atom is -0.475 e. The van der Waals surface area contributed by atoms with Crippen molar-refractivity contribution in [2.24, 2.45) is 0 Å². The van der Waals surface area contributed by atoms with Gasteiger partial charge in [0.05, 0.1) is 24.7 Å². The van der Waals surface area contributed by atoms with Gasteiger partial charge >= 0.3 is 20.0 Å². The lowest BCUT2D eigenvalue weighted by Gasteiger charge is -2.30. The molecule has 14 nitrogen and oxygen atoms in total. The number of carboxylic acids is 1. The van der Waals surface area contributed by atoms with Crippen molar-refractivity contribution in [2.45, 2.75) is 49.7 Å². The van der Waals surface area contributed by atoms with E-state index >= 15 is 0 Å². The van der Waals surface area contributed by atoms with Crippen molar-refractivity contribution in [1.29, 1.82) is 0 Å². The number of aromatic nitrogens is 3. The standard InChI is InChI=1S/C21H23F2N4O8P.C2HF3O2/c1-21(30)16(28)14(34-19(21)27-7-5-11-17(27)25-20(24)26-18(11)29)9-33-36(31)32-8-6-13(35-36)10-3-2-4-12(22)15(10)23;3-2(4,5)1(6)7/h2-5,7,13-14,16,19,28,30H,6,8-9H2,1H3,(H3,24,25,26,29);(H,6,7)/t13-,14+,16+,19+,21+,36+;/m0./s1. The molecule has 3 aromatic rings. The second-order valence-electron chi connectivity index (χ2n) is 9.51. The predicted octanol–water partition coefficient (Wildman–Crippen LogP) is 2.53. The summed E-state index contributed by atoms with van der Waals surface area (Å²) in [5, 5.41) is 29.0. The molecule has 2 fully saturated rings. The average molecular weight is 642 g/mol. The molecule has 4 heterocycles. The number of nitrogens with one attached hydrogen (secondary N) is 1. The summed E-state index contributed by atoms with van der Waals surface area (Å²) in [6, 6.07) is 5.00. The summed E-state index contributed by atoms with van der Waals surface area (Å²) < 4.78 is 95.6. The molecule has 2 aromatic heterocycles. The fourth-order valence-corrected chi connectivity index (χ4v) is 5.74. The molecular weight excluding hydrogens is 618 g/mol. The zero-order valence-corrected chi connectivity index (χ0v) is 22.7. The highest BCUT2D eigenvalue weighted by atomic mass is 31.2. The topological polar surface area (TPSA) is 208 Å². The minimum atomic E-state index is -5.08. The van der Waals surface area contributed by atoms with Crippen LogP contribution in [0, 0.1) is 11.6 Å². The number of nitrogen functional groups attached to an aromatic ring is 1. The number of aromatic amines is 1. The van der Waals surface area contributed by atoms with Crippen LogP contribution in [0.4, 0.5) is 27.9 Å². The number of fused-ring (bicyclic) bond motifs is 1. The first-order chi connectivity index (χ1) is 19.9. The summed E-state index contributed by atoms with van der Waals surface area (Å²) in [6.45, 7) is 0.644. The van der Waals surface area contributed by atoms with E-state index in [0.29, 0.717) is 0 Å². The van der Waals surface area contributed by atoms with Crippen LogP contribution in [0.5, 0.6) is 0 Å². The van der Waals surface area contributed by atoms with Gasteiger partial charge in [0.25, 0.3) is 5.56 Å². The number of anilines is 1. The number of aliphatic hydroxyl groups excluding tert-OH is 1. The van der Waals surface area contributed by atoms with Gasteiger partial charge in [0.15, 0.2) is 23.5 Å². The molecule has 0 bridgehead atoms. The number of aliphatic hydroxyl groups is 2. The summed E-state index contributed by atoms with van der Waals surface area (Å²) in [5.74, 6) is -5.12. The molecule has 2 aliphatic heterocycles. The van der Waals surface area contributed by atoms with Crippen LogP contribution in [-0.2, 0) is 27.7 Å². The zero-order valence-electron chi connectivity index (χ0n) is 21.8. The third-order valence-corrected chi connectivity index (χ3v) is 7.94. The number of hydrogen-bond acceptors (Lipinski definition) is 11. The van der Waals surface area contributed by atoms with Crippen molar-refractivity contribution >= 4 is 30.8 Å². The number of nitrogens with two attached hydrogens (primary N) is 1. The minimum absolute atomic E-state index is 0.100. The van der Waals surface area contributed by atoms with Gasteiger partial charge in [0.2, 0.25) is 5.95 Å². The Hall–Kier alpha value is -3.45. The Balaban J connectivity index is 0.000000541. The molecular formula is C23H24F5N4O10P. The molecule has 0 saturated carbocycles. The molecule has 5 rings (SSSR count). The highest BCUT2D eigenvalue weighted by Gasteiger charge is 2.54. The second kappa shape index (κ2) is 11.9. The molecule has 236 valence electrons. The maximum atomic E-state index is 14.2. The van der Waals surface area contributed by atoms with Crippen LogP contribution in [0.25, 0.3) is 11.0 Å². The molecule has 0 amide bonds. The van der Waals surface area contributed by atoms with Crippen LogP contribution in [-0.4, -0.2) is 73.0 Å². The van der Waals surface area contributed by atoms with Gasteiger partial charge in [-0.1, -0.05) is 12.1 Å². The number of halogens is 5. The van der Waals surface area contributed by atoms with Crippen LogP contribution in [0.15, 0.2) is 35.3 Å². The number of nitrogens with zero attached hydrogens (tertiary/aromatic N) is 2. The Kier molecular flexibility index (Phi) is 8.99. The van der Waals surface area contributed by atoms with Crippen molar-refractivity contribution < 1.29 is 64.9 Å². The Labute approximate surface area is 237 Å². The lowest BCUT2D eigenvalue weighted by atomic mass is 9.96. The van der Waals surface area contributed by atoms with Crippen LogP contribution >= 0.6 is 7.82 Å². The van der Waals surface area contributed by atoms with Crippen molar-refractivity contribution in [3.05, 3.63) is 58.0 Å². The Morgan fingerprint density at radius 3 is 2.65 bits per heavy atom. The van der Waals surface area contributed by atoms with Crippen molar-refractivity contribution in [3.63, 3.8) is 0 Å². The van der Waals surface area contributed by atoms with Crippen LogP contribution < -0.4 is 11.3 Å².